The summed E-state index contributed by atoms with van der Waals surface area (Å²) in [6, 6.07) is 20.4. The first-order valence-corrected chi connectivity index (χ1v) is 13.4. The Labute approximate surface area is 211 Å². The van der Waals surface area contributed by atoms with Crippen molar-refractivity contribution in [3.8, 4) is 28.7 Å². The summed E-state index contributed by atoms with van der Waals surface area (Å²) in [4.78, 5) is 23.9. The fraction of sp³-hybridized carbons (Fsp3) is 0.222. The molecule has 4 rings (SSSR count). The van der Waals surface area contributed by atoms with Gasteiger partial charge in [0, 0.05) is 0 Å². The second-order valence-corrected chi connectivity index (χ2v) is 10.8. The van der Waals surface area contributed by atoms with Gasteiger partial charge in [-0.05, 0) is 12.1 Å². The summed E-state index contributed by atoms with van der Waals surface area (Å²) in [6.45, 7) is 1.42. The quantitative estimate of drug-likeness (QED) is 0.245. The Balaban J connectivity index is 1.49. The van der Waals surface area contributed by atoms with Crippen LogP contribution in [-0.4, -0.2) is 60.2 Å². The molecular weight excluding hydrogens is 503 g/mol. The van der Waals surface area contributed by atoms with Crippen molar-refractivity contribution in [1.29, 1.82) is 5.26 Å². The molecule has 7 nitrogen and oxygen atoms in total. The number of hydrogen-bond donors (Lipinski definition) is 0. The maximum absolute atomic E-state index is 12.5. The summed E-state index contributed by atoms with van der Waals surface area (Å²) in [5, 5.41) is 14.9. The van der Waals surface area contributed by atoms with E-state index in [0.29, 0.717) is 38.6 Å². The van der Waals surface area contributed by atoms with E-state index in [0.717, 1.165) is 23.2 Å². The Hall–Kier alpha value is -3.63. The fourth-order valence-electron chi connectivity index (χ4n) is 3.56. The number of nitrogens with zero attached hydrogens (tertiary/aromatic N) is 6. The molecule has 0 spiro atoms. The molecule has 4 aromatic rings. The molecule has 0 bridgehead atoms. The van der Waals surface area contributed by atoms with Gasteiger partial charge in [0.05, 0.1) is 11.6 Å². The van der Waals surface area contributed by atoms with Crippen LogP contribution in [0.15, 0.2) is 77.9 Å². The zero-order valence-electron chi connectivity index (χ0n) is 19.8. The van der Waals surface area contributed by atoms with Crippen molar-refractivity contribution in [2.75, 3.05) is 20.6 Å². The molecular formula is C27H26N6OSe. The van der Waals surface area contributed by atoms with Crippen LogP contribution in [0.3, 0.4) is 0 Å². The van der Waals surface area contributed by atoms with Crippen molar-refractivity contribution >= 4 is 19.4 Å². The molecule has 0 unspecified atom stereocenters. The molecule has 0 aliphatic carbocycles. The Bertz CT molecular complexity index is 1390. The molecule has 0 aliphatic heterocycles. The van der Waals surface area contributed by atoms with Crippen LogP contribution in [0.4, 0.5) is 0 Å². The average Bonchev–Trinajstić information content (AvgIpc) is 2.88. The molecule has 2 heterocycles. The first-order valence-electron chi connectivity index (χ1n) is 11.3. The van der Waals surface area contributed by atoms with Crippen molar-refractivity contribution in [3.05, 3.63) is 94.5 Å². The van der Waals surface area contributed by atoms with Gasteiger partial charge in [0.1, 0.15) is 0 Å². The van der Waals surface area contributed by atoms with Crippen molar-refractivity contribution in [2.24, 2.45) is 0 Å². The van der Waals surface area contributed by atoms with Crippen LogP contribution in [0, 0.1) is 11.3 Å². The summed E-state index contributed by atoms with van der Waals surface area (Å²) >= 11 is 0.376. The monoisotopic (exact) mass is 530 g/mol. The molecule has 0 radical (unpaired) electrons. The van der Waals surface area contributed by atoms with Gasteiger partial charge in [0.15, 0.2) is 0 Å². The number of nitriles is 1. The van der Waals surface area contributed by atoms with E-state index in [-0.39, 0.29) is 5.56 Å². The molecule has 0 fully saturated rings. The second-order valence-electron chi connectivity index (χ2n) is 8.36. The van der Waals surface area contributed by atoms with E-state index in [1.807, 2.05) is 48.8 Å². The van der Waals surface area contributed by atoms with Gasteiger partial charge in [0.2, 0.25) is 0 Å². The minimum absolute atomic E-state index is 0.187. The van der Waals surface area contributed by atoms with Crippen molar-refractivity contribution < 1.29 is 0 Å². The van der Waals surface area contributed by atoms with E-state index in [4.69, 9.17) is 5.26 Å². The van der Waals surface area contributed by atoms with E-state index >= 15 is 0 Å². The van der Waals surface area contributed by atoms with E-state index < -0.39 is 0 Å². The predicted molar refractivity (Wildman–Crippen MR) is 139 cm³/mol. The standard InChI is InChI=1S/C27H26N6OSe/c1-32(2)12-5-13-35-24-17-29-27(30-18-24)23-9-4-7-21(15-23)19-33-26(34)11-10-25(31-33)22-8-3-6-20(14-22)16-28/h3-4,6-11,14-15,17-18H,5,12-13,19H2,1-2H3. The van der Waals surface area contributed by atoms with E-state index in [1.54, 1.807) is 18.2 Å². The third-order valence-corrected chi connectivity index (χ3v) is 7.49. The second kappa shape index (κ2) is 11.7. The van der Waals surface area contributed by atoms with Crippen LogP contribution in [0.5, 0.6) is 0 Å². The molecule has 8 heteroatoms. The van der Waals surface area contributed by atoms with Crippen LogP contribution < -0.4 is 10.0 Å². The first kappa shape index (κ1) is 24.5. The number of rotatable bonds is 9. The third kappa shape index (κ3) is 6.71. The van der Waals surface area contributed by atoms with E-state index in [9.17, 15) is 4.79 Å². The molecule has 2 aromatic heterocycles. The van der Waals surface area contributed by atoms with Gasteiger partial charge in [-0.1, -0.05) is 12.1 Å². The predicted octanol–water partition coefficient (Wildman–Crippen LogP) is 2.99. The number of aromatic nitrogens is 4. The Morgan fingerprint density at radius 3 is 2.54 bits per heavy atom. The van der Waals surface area contributed by atoms with E-state index in [1.165, 1.54) is 27.0 Å². The van der Waals surface area contributed by atoms with Crippen LogP contribution in [-0.2, 0) is 6.54 Å². The third-order valence-electron chi connectivity index (χ3n) is 5.32. The fourth-order valence-corrected chi connectivity index (χ4v) is 5.16. The van der Waals surface area contributed by atoms with Crippen LogP contribution in [0.2, 0.25) is 5.32 Å². The molecule has 0 amide bonds. The van der Waals surface area contributed by atoms with Gasteiger partial charge >= 0.3 is 170 Å². The average molecular weight is 530 g/mol. The zero-order chi connectivity index (χ0) is 24.6. The summed E-state index contributed by atoms with van der Waals surface area (Å²) < 4.78 is 2.64. The molecule has 0 aliphatic rings. The summed E-state index contributed by atoms with van der Waals surface area (Å²) in [5.41, 5.74) is 3.64. The SMILES string of the molecule is CN(C)CCC[Se]c1cnc(-c2cccc(Cn3nc(-c4cccc(C#N)c4)ccc3=O)c2)nc1. The summed E-state index contributed by atoms with van der Waals surface area (Å²) in [5.74, 6) is 0.669. The van der Waals surface area contributed by atoms with Crippen molar-refractivity contribution in [3.63, 3.8) is 0 Å². The molecule has 35 heavy (non-hydrogen) atoms. The van der Waals surface area contributed by atoms with Gasteiger partial charge in [-0.25, -0.2) is 0 Å². The van der Waals surface area contributed by atoms with E-state index in [2.05, 4.69) is 40.1 Å². The molecule has 2 aromatic carbocycles. The maximum atomic E-state index is 12.5. The Morgan fingerprint density at radius 2 is 1.77 bits per heavy atom. The van der Waals surface area contributed by atoms with Gasteiger partial charge in [-0.2, -0.15) is 5.26 Å². The van der Waals surface area contributed by atoms with Crippen LogP contribution in [0.25, 0.3) is 22.6 Å². The summed E-state index contributed by atoms with van der Waals surface area (Å²) in [6.07, 6.45) is 5.03. The minimum atomic E-state index is -0.187. The van der Waals surface area contributed by atoms with Crippen molar-refractivity contribution in [1.82, 2.24) is 24.6 Å². The van der Waals surface area contributed by atoms with Gasteiger partial charge in [0.25, 0.3) is 0 Å². The number of benzene rings is 2. The van der Waals surface area contributed by atoms with Gasteiger partial charge < -0.3 is 0 Å². The normalized spacial score (nSPS) is 10.9. The first-order chi connectivity index (χ1) is 17.0. The zero-order valence-corrected chi connectivity index (χ0v) is 21.5. The number of hydrogen-bond acceptors (Lipinski definition) is 6. The molecule has 0 atom stereocenters. The summed E-state index contributed by atoms with van der Waals surface area (Å²) in [7, 11) is 4.19. The Kier molecular flexibility index (Phi) is 8.17. The van der Waals surface area contributed by atoms with Crippen molar-refractivity contribution in [2.45, 2.75) is 18.3 Å². The van der Waals surface area contributed by atoms with Gasteiger partial charge in [-0.15, -0.1) is 0 Å². The molecule has 0 saturated carbocycles. The van der Waals surface area contributed by atoms with Crippen LogP contribution in [0.1, 0.15) is 17.5 Å². The topological polar surface area (TPSA) is 87.7 Å². The molecule has 176 valence electrons. The molecule has 0 N–H and O–H groups in total. The Morgan fingerprint density at radius 1 is 1.00 bits per heavy atom. The van der Waals surface area contributed by atoms with Gasteiger partial charge in [-0.3, -0.25) is 0 Å². The van der Waals surface area contributed by atoms with Crippen LogP contribution >= 0.6 is 0 Å². The molecule has 0 saturated heterocycles.